The quantitative estimate of drug-likeness (QED) is 0.687. The van der Waals surface area contributed by atoms with Crippen LogP contribution in [0.3, 0.4) is 0 Å². The molecule has 1 amide bonds. The van der Waals surface area contributed by atoms with E-state index in [2.05, 4.69) is 15.5 Å². The van der Waals surface area contributed by atoms with Crippen LogP contribution in [0.2, 0.25) is 0 Å². The van der Waals surface area contributed by atoms with Gasteiger partial charge in [-0.3, -0.25) is 9.89 Å². The Morgan fingerprint density at radius 2 is 1.78 bits per heavy atom. The maximum absolute atomic E-state index is 13.8. The highest BCUT2D eigenvalue weighted by Crippen LogP contribution is 2.22. The van der Waals surface area contributed by atoms with Gasteiger partial charge in [-0.1, -0.05) is 18.2 Å². The van der Waals surface area contributed by atoms with Crippen LogP contribution in [0.25, 0.3) is 0 Å². The van der Waals surface area contributed by atoms with E-state index in [9.17, 15) is 13.6 Å². The fourth-order valence-corrected chi connectivity index (χ4v) is 2.77. The lowest BCUT2D eigenvalue weighted by Gasteiger charge is -2.09. The number of aromatic amines is 1. The van der Waals surface area contributed by atoms with Crippen molar-refractivity contribution in [3.8, 4) is 5.75 Å². The first-order valence-corrected chi connectivity index (χ1v) is 8.41. The summed E-state index contributed by atoms with van der Waals surface area (Å²) >= 11 is 0. The van der Waals surface area contributed by atoms with Gasteiger partial charge in [-0.2, -0.15) is 5.10 Å². The zero-order valence-corrected chi connectivity index (χ0v) is 15.0. The molecule has 0 aliphatic rings. The van der Waals surface area contributed by atoms with E-state index in [1.807, 2.05) is 24.3 Å². The van der Waals surface area contributed by atoms with Gasteiger partial charge in [0.05, 0.1) is 24.2 Å². The van der Waals surface area contributed by atoms with Gasteiger partial charge in [-0.15, -0.1) is 0 Å². The minimum atomic E-state index is -0.909. The van der Waals surface area contributed by atoms with Crippen LogP contribution >= 0.6 is 0 Å². The van der Waals surface area contributed by atoms with Crippen molar-refractivity contribution in [3.05, 3.63) is 76.6 Å². The standard InChI is InChI=1S/C20H19F2N3O2/c1-12-19(23-20(26)18-15(21)4-3-5-16(18)22)17(25-24-12)11-8-13-6-9-14(27-2)10-7-13/h3-7,9-10H,8,11H2,1-2H3,(H,23,26)(H,24,25). The van der Waals surface area contributed by atoms with Crippen molar-refractivity contribution >= 4 is 11.6 Å². The normalized spacial score (nSPS) is 10.7. The number of ether oxygens (including phenoxy) is 1. The molecule has 3 rings (SSSR count). The average Bonchev–Trinajstić information content (AvgIpc) is 3.00. The summed E-state index contributed by atoms with van der Waals surface area (Å²) in [5, 5.41) is 9.59. The third kappa shape index (κ3) is 4.13. The molecule has 7 heteroatoms. The number of H-pyrrole nitrogens is 1. The van der Waals surface area contributed by atoms with Crippen LogP contribution in [0.5, 0.6) is 5.75 Å². The molecule has 5 nitrogen and oxygen atoms in total. The van der Waals surface area contributed by atoms with Crippen molar-refractivity contribution in [1.29, 1.82) is 0 Å². The van der Waals surface area contributed by atoms with Crippen LogP contribution in [0.15, 0.2) is 42.5 Å². The molecule has 1 aromatic heterocycles. The third-order valence-corrected chi connectivity index (χ3v) is 4.26. The molecule has 0 aliphatic carbocycles. The molecule has 0 spiro atoms. The second-order valence-corrected chi connectivity index (χ2v) is 6.07. The Kier molecular flexibility index (Phi) is 5.49. The summed E-state index contributed by atoms with van der Waals surface area (Å²) in [6.07, 6.45) is 1.23. The first-order valence-electron chi connectivity index (χ1n) is 8.41. The van der Waals surface area contributed by atoms with Gasteiger partial charge in [0.1, 0.15) is 22.9 Å². The van der Waals surface area contributed by atoms with E-state index in [0.29, 0.717) is 29.9 Å². The molecule has 2 N–H and O–H groups in total. The first-order chi connectivity index (χ1) is 13.0. The molecule has 0 atom stereocenters. The molecule has 2 aromatic carbocycles. The van der Waals surface area contributed by atoms with E-state index in [1.165, 1.54) is 6.07 Å². The number of hydrogen-bond donors (Lipinski definition) is 2. The molecule has 0 saturated carbocycles. The van der Waals surface area contributed by atoms with E-state index in [-0.39, 0.29) is 0 Å². The number of carbonyl (C=O) groups is 1. The van der Waals surface area contributed by atoms with Crippen LogP contribution < -0.4 is 10.1 Å². The van der Waals surface area contributed by atoms with Gasteiger partial charge in [0.25, 0.3) is 5.91 Å². The van der Waals surface area contributed by atoms with Gasteiger partial charge in [0, 0.05) is 0 Å². The Balaban J connectivity index is 1.75. The maximum atomic E-state index is 13.8. The number of hydrogen-bond acceptors (Lipinski definition) is 3. The van der Waals surface area contributed by atoms with Gasteiger partial charge in [0.15, 0.2) is 0 Å². The molecule has 0 unspecified atom stereocenters. The number of amides is 1. The van der Waals surface area contributed by atoms with Crippen molar-refractivity contribution < 1.29 is 18.3 Å². The second-order valence-electron chi connectivity index (χ2n) is 6.07. The number of methoxy groups -OCH3 is 1. The Morgan fingerprint density at radius 1 is 1.11 bits per heavy atom. The summed E-state index contributed by atoms with van der Waals surface area (Å²) in [7, 11) is 1.61. The fourth-order valence-electron chi connectivity index (χ4n) is 2.77. The highest BCUT2D eigenvalue weighted by Gasteiger charge is 2.20. The molecule has 0 saturated heterocycles. The van der Waals surface area contributed by atoms with Crippen molar-refractivity contribution in [1.82, 2.24) is 10.2 Å². The van der Waals surface area contributed by atoms with E-state index in [4.69, 9.17) is 4.74 Å². The van der Waals surface area contributed by atoms with E-state index in [1.54, 1.807) is 14.0 Å². The summed E-state index contributed by atoms with van der Waals surface area (Å²) in [4.78, 5) is 12.4. The van der Waals surface area contributed by atoms with Crippen molar-refractivity contribution in [2.24, 2.45) is 0 Å². The summed E-state index contributed by atoms with van der Waals surface area (Å²) in [5.74, 6) is -1.89. The Morgan fingerprint density at radius 3 is 2.41 bits per heavy atom. The second kappa shape index (κ2) is 7.99. The summed E-state index contributed by atoms with van der Waals surface area (Å²) in [5.41, 5.74) is 2.14. The predicted octanol–water partition coefficient (Wildman–Crippen LogP) is 4.04. The Hall–Kier alpha value is -3.22. The number of aromatic nitrogens is 2. The molecule has 0 aliphatic heterocycles. The number of halogens is 2. The van der Waals surface area contributed by atoms with E-state index >= 15 is 0 Å². The Labute approximate surface area is 155 Å². The van der Waals surface area contributed by atoms with Crippen LogP contribution in [0, 0.1) is 18.6 Å². The van der Waals surface area contributed by atoms with Gasteiger partial charge < -0.3 is 10.1 Å². The minimum absolute atomic E-state index is 0.441. The van der Waals surface area contributed by atoms with Crippen LogP contribution in [-0.2, 0) is 12.8 Å². The molecule has 0 bridgehead atoms. The fraction of sp³-hybridized carbons (Fsp3) is 0.200. The molecular formula is C20H19F2N3O2. The molecule has 3 aromatic rings. The number of aryl methyl sites for hydroxylation is 3. The van der Waals surface area contributed by atoms with Gasteiger partial charge in [-0.25, -0.2) is 8.78 Å². The number of carbonyl (C=O) groups excluding carboxylic acids is 1. The first kappa shape index (κ1) is 18.6. The van der Waals surface area contributed by atoms with E-state index < -0.39 is 23.1 Å². The molecule has 0 fully saturated rings. The summed E-state index contributed by atoms with van der Waals surface area (Å²) in [6.45, 7) is 1.73. The predicted molar refractivity (Wildman–Crippen MR) is 98.0 cm³/mol. The largest absolute Gasteiger partial charge is 0.497 e. The van der Waals surface area contributed by atoms with Crippen molar-refractivity contribution in [3.63, 3.8) is 0 Å². The number of rotatable bonds is 6. The number of benzene rings is 2. The number of nitrogens with one attached hydrogen (secondary N) is 2. The van der Waals surface area contributed by atoms with Crippen LogP contribution in [0.1, 0.15) is 27.3 Å². The smallest absolute Gasteiger partial charge is 0.261 e. The zero-order chi connectivity index (χ0) is 19.4. The van der Waals surface area contributed by atoms with Crippen molar-refractivity contribution in [2.75, 3.05) is 12.4 Å². The van der Waals surface area contributed by atoms with Gasteiger partial charge in [-0.05, 0) is 49.6 Å². The summed E-state index contributed by atoms with van der Waals surface area (Å²) < 4.78 is 32.8. The third-order valence-electron chi connectivity index (χ3n) is 4.26. The highest BCUT2D eigenvalue weighted by atomic mass is 19.1. The number of anilines is 1. The molecule has 140 valence electrons. The molecule has 0 radical (unpaired) electrons. The zero-order valence-electron chi connectivity index (χ0n) is 15.0. The number of nitrogens with zero attached hydrogens (tertiary/aromatic N) is 1. The molecule has 1 heterocycles. The Bertz CT molecular complexity index is 932. The highest BCUT2D eigenvalue weighted by molar-refractivity contribution is 6.05. The monoisotopic (exact) mass is 371 g/mol. The van der Waals surface area contributed by atoms with E-state index in [0.717, 1.165) is 23.4 Å². The topological polar surface area (TPSA) is 67.0 Å². The van der Waals surface area contributed by atoms with Crippen molar-refractivity contribution in [2.45, 2.75) is 19.8 Å². The lowest BCUT2D eigenvalue weighted by Crippen LogP contribution is -2.17. The summed E-state index contributed by atoms with van der Waals surface area (Å²) in [6, 6.07) is 10.9. The van der Waals surface area contributed by atoms with Crippen LogP contribution in [-0.4, -0.2) is 23.2 Å². The SMILES string of the molecule is COc1ccc(CCc2n[nH]c(C)c2NC(=O)c2c(F)cccc2F)cc1. The lowest BCUT2D eigenvalue weighted by atomic mass is 10.1. The molecular weight excluding hydrogens is 352 g/mol. The maximum Gasteiger partial charge on any atom is 0.261 e. The average molecular weight is 371 g/mol. The lowest BCUT2D eigenvalue weighted by molar-refractivity contribution is 0.101. The van der Waals surface area contributed by atoms with Gasteiger partial charge in [0.2, 0.25) is 0 Å². The van der Waals surface area contributed by atoms with Gasteiger partial charge >= 0.3 is 0 Å². The van der Waals surface area contributed by atoms with Crippen LogP contribution in [0.4, 0.5) is 14.5 Å². The minimum Gasteiger partial charge on any atom is -0.497 e. The molecule has 27 heavy (non-hydrogen) atoms.